The number of hydrogen-bond donors (Lipinski definition) is 2. The van der Waals surface area contributed by atoms with E-state index in [1.165, 1.54) is 0 Å². The molecule has 0 spiro atoms. The third-order valence-electron chi connectivity index (χ3n) is 2.53. The average molecular weight is 411 g/mol. The van der Waals surface area contributed by atoms with E-state index < -0.39 is 0 Å². The summed E-state index contributed by atoms with van der Waals surface area (Å²) in [5.74, 6) is 0. The van der Waals surface area contributed by atoms with Crippen LogP contribution >= 0.6 is 63.0 Å². The van der Waals surface area contributed by atoms with E-state index in [2.05, 4.69) is 21.2 Å². The van der Waals surface area contributed by atoms with Crippen molar-refractivity contribution >= 4 is 79.3 Å². The van der Waals surface area contributed by atoms with Crippen molar-refractivity contribution in [1.29, 1.82) is 0 Å². The highest BCUT2D eigenvalue weighted by Gasteiger charge is 2.10. The van der Waals surface area contributed by atoms with E-state index in [1.54, 1.807) is 12.1 Å². The Morgan fingerprint density at radius 1 is 1.00 bits per heavy atom. The zero-order valence-electron chi connectivity index (χ0n) is 9.88. The maximum Gasteiger partial charge on any atom is 0.106 e. The number of hydrogen-bond acceptors (Lipinski definition) is 2. The van der Waals surface area contributed by atoms with Crippen molar-refractivity contribution in [1.82, 2.24) is 0 Å². The van der Waals surface area contributed by atoms with Crippen molar-refractivity contribution in [3.63, 3.8) is 0 Å². The first-order valence-corrected chi connectivity index (χ1v) is 7.73. The van der Waals surface area contributed by atoms with Crippen LogP contribution in [0.1, 0.15) is 5.56 Å². The lowest BCUT2D eigenvalue weighted by Crippen LogP contribution is -2.12. The molecule has 0 fully saturated rings. The molecule has 0 bridgehead atoms. The van der Waals surface area contributed by atoms with Gasteiger partial charge in [-0.2, -0.15) is 0 Å². The Hall–Kier alpha value is -0.520. The van der Waals surface area contributed by atoms with Gasteiger partial charge < -0.3 is 11.1 Å². The van der Waals surface area contributed by atoms with Crippen LogP contribution in [0.5, 0.6) is 0 Å². The summed E-state index contributed by atoms with van der Waals surface area (Å²) in [6.07, 6.45) is 0. The second-order valence-electron chi connectivity index (χ2n) is 3.93. The van der Waals surface area contributed by atoms with E-state index in [0.29, 0.717) is 26.3 Å². The van der Waals surface area contributed by atoms with Crippen LogP contribution in [0.2, 0.25) is 15.1 Å². The summed E-state index contributed by atoms with van der Waals surface area (Å²) in [7, 11) is 0. The van der Waals surface area contributed by atoms with Gasteiger partial charge >= 0.3 is 0 Å². The van der Waals surface area contributed by atoms with E-state index in [4.69, 9.17) is 52.8 Å². The lowest BCUT2D eigenvalue weighted by Gasteiger charge is -2.13. The van der Waals surface area contributed by atoms with Gasteiger partial charge in [0.15, 0.2) is 0 Å². The number of rotatable bonds is 3. The fourth-order valence-electron chi connectivity index (χ4n) is 1.59. The molecule has 0 aliphatic heterocycles. The Balaban J connectivity index is 2.45. The smallest absolute Gasteiger partial charge is 0.106 e. The van der Waals surface area contributed by atoms with Crippen LogP contribution in [0, 0.1) is 0 Å². The van der Waals surface area contributed by atoms with Crippen molar-refractivity contribution in [3.05, 3.63) is 55.4 Å². The molecule has 0 saturated carbocycles. The summed E-state index contributed by atoms with van der Waals surface area (Å²) >= 11 is 26.4. The van der Waals surface area contributed by atoms with E-state index in [1.807, 2.05) is 18.2 Å². The van der Waals surface area contributed by atoms with Gasteiger partial charge in [0, 0.05) is 15.7 Å². The molecule has 0 radical (unpaired) electrons. The molecule has 104 valence electrons. The maximum atomic E-state index is 6.14. The summed E-state index contributed by atoms with van der Waals surface area (Å²) in [6, 6.07) is 8.77. The molecule has 0 heterocycles. The molecular formula is C13H8BrCl3N2S. The van der Waals surface area contributed by atoms with Crippen molar-refractivity contribution in [3.8, 4) is 0 Å². The number of nitrogens with two attached hydrogens (primary N) is 1. The number of nitrogens with one attached hydrogen (secondary N) is 1. The third-order valence-corrected chi connectivity index (χ3v) is 4.27. The molecular weight excluding hydrogens is 402 g/mol. The van der Waals surface area contributed by atoms with Crippen molar-refractivity contribution in [2.24, 2.45) is 5.73 Å². The SMILES string of the molecule is NC(=S)c1cc(Br)ccc1Nc1cc(Cl)c(Cl)cc1Cl. The van der Waals surface area contributed by atoms with Crippen LogP contribution in [0.3, 0.4) is 0 Å². The number of anilines is 2. The normalized spacial score (nSPS) is 10.4. The molecule has 20 heavy (non-hydrogen) atoms. The molecule has 2 rings (SSSR count). The number of benzene rings is 2. The second-order valence-corrected chi connectivity index (χ2v) is 6.50. The first-order chi connectivity index (χ1) is 9.38. The van der Waals surface area contributed by atoms with Gasteiger partial charge in [0.1, 0.15) is 4.99 Å². The van der Waals surface area contributed by atoms with Gasteiger partial charge in [-0.15, -0.1) is 0 Å². The zero-order valence-corrected chi connectivity index (χ0v) is 14.6. The summed E-state index contributed by atoms with van der Waals surface area (Å²) in [5, 5.41) is 4.41. The van der Waals surface area contributed by atoms with Crippen LogP contribution in [0.15, 0.2) is 34.8 Å². The maximum absolute atomic E-state index is 6.14. The lowest BCUT2D eigenvalue weighted by atomic mass is 10.1. The Morgan fingerprint density at radius 2 is 1.65 bits per heavy atom. The van der Waals surface area contributed by atoms with Crippen molar-refractivity contribution in [2.75, 3.05) is 5.32 Å². The van der Waals surface area contributed by atoms with Crippen molar-refractivity contribution in [2.45, 2.75) is 0 Å². The zero-order chi connectivity index (χ0) is 14.9. The molecule has 3 N–H and O–H groups in total. The molecule has 0 saturated heterocycles. The largest absolute Gasteiger partial charge is 0.389 e. The summed E-state index contributed by atoms with van der Waals surface area (Å²) in [4.78, 5) is 0.282. The fraction of sp³-hybridized carbons (Fsp3) is 0. The number of halogens is 4. The molecule has 7 heteroatoms. The predicted molar refractivity (Wildman–Crippen MR) is 94.8 cm³/mol. The Bertz CT molecular complexity index is 692. The van der Waals surface area contributed by atoms with Crippen LogP contribution < -0.4 is 11.1 Å². The average Bonchev–Trinajstić information content (AvgIpc) is 2.37. The van der Waals surface area contributed by atoms with Crippen LogP contribution in [0.25, 0.3) is 0 Å². The molecule has 0 aromatic heterocycles. The summed E-state index contributed by atoms with van der Waals surface area (Å²) in [5.41, 5.74) is 7.79. The third kappa shape index (κ3) is 3.57. The first-order valence-electron chi connectivity index (χ1n) is 5.39. The molecule has 2 aromatic carbocycles. The van der Waals surface area contributed by atoms with Gasteiger partial charge in [-0.25, -0.2) is 0 Å². The Labute approximate surface area is 145 Å². The number of thiocarbonyl (C=S) groups is 1. The minimum absolute atomic E-state index is 0.282. The van der Waals surface area contributed by atoms with E-state index in [9.17, 15) is 0 Å². The van der Waals surface area contributed by atoms with Crippen LogP contribution in [0.4, 0.5) is 11.4 Å². The molecule has 2 nitrogen and oxygen atoms in total. The quantitative estimate of drug-likeness (QED) is 0.497. The van der Waals surface area contributed by atoms with Gasteiger partial charge in [-0.1, -0.05) is 63.0 Å². The molecule has 0 aliphatic rings. The first kappa shape index (κ1) is 15.9. The Kier molecular flexibility index (Phi) is 5.15. The van der Waals surface area contributed by atoms with Gasteiger partial charge in [-0.05, 0) is 30.3 Å². The molecule has 0 amide bonds. The molecule has 2 aromatic rings. The highest BCUT2D eigenvalue weighted by Crippen LogP contribution is 2.35. The van der Waals surface area contributed by atoms with E-state index in [0.717, 1.165) is 10.2 Å². The standard InChI is InChI=1S/C13H8BrCl3N2S/c14-6-1-2-11(7(3-6)13(18)20)19-12-5-9(16)8(15)4-10(12)17/h1-5,19H,(H2,18,20). The highest BCUT2D eigenvalue weighted by atomic mass is 79.9. The highest BCUT2D eigenvalue weighted by molar-refractivity contribution is 9.10. The lowest BCUT2D eigenvalue weighted by molar-refractivity contribution is 1.51. The fourth-order valence-corrected chi connectivity index (χ4v) is 2.72. The summed E-state index contributed by atoms with van der Waals surface area (Å²) in [6.45, 7) is 0. The minimum Gasteiger partial charge on any atom is -0.389 e. The van der Waals surface area contributed by atoms with Crippen LogP contribution in [-0.4, -0.2) is 4.99 Å². The Morgan fingerprint density at radius 3 is 2.30 bits per heavy atom. The molecule has 0 atom stereocenters. The summed E-state index contributed by atoms with van der Waals surface area (Å²) < 4.78 is 0.881. The van der Waals surface area contributed by atoms with E-state index >= 15 is 0 Å². The van der Waals surface area contributed by atoms with E-state index in [-0.39, 0.29) is 4.99 Å². The predicted octanol–water partition coefficient (Wildman–Crippen LogP) is 5.79. The van der Waals surface area contributed by atoms with Gasteiger partial charge in [0.25, 0.3) is 0 Å². The molecule has 0 unspecified atom stereocenters. The van der Waals surface area contributed by atoms with Crippen LogP contribution in [-0.2, 0) is 0 Å². The van der Waals surface area contributed by atoms with Gasteiger partial charge in [0.2, 0.25) is 0 Å². The van der Waals surface area contributed by atoms with Gasteiger partial charge in [0.05, 0.1) is 20.8 Å². The second kappa shape index (κ2) is 6.50. The van der Waals surface area contributed by atoms with Crippen molar-refractivity contribution < 1.29 is 0 Å². The topological polar surface area (TPSA) is 38.0 Å². The van der Waals surface area contributed by atoms with Gasteiger partial charge in [-0.3, -0.25) is 0 Å². The minimum atomic E-state index is 0.282. The molecule has 0 aliphatic carbocycles. The monoisotopic (exact) mass is 408 g/mol.